The molecule has 0 aliphatic carbocycles. The largest absolute Gasteiger partial charge is 0.394 e. The van der Waals surface area contributed by atoms with Crippen molar-refractivity contribution in [2.45, 2.75) is 37.3 Å². The Balaban J connectivity index is 2.10. The third-order valence-electron chi connectivity index (χ3n) is 3.62. The quantitative estimate of drug-likeness (QED) is 0.787. The lowest BCUT2D eigenvalue weighted by Crippen LogP contribution is -2.60. The van der Waals surface area contributed by atoms with Crippen molar-refractivity contribution in [3.63, 3.8) is 0 Å². The summed E-state index contributed by atoms with van der Waals surface area (Å²) < 4.78 is 21.8. The molecule has 0 spiro atoms. The van der Waals surface area contributed by atoms with Crippen LogP contribution in [-0.4, -0.2) is 61.7 Å². The van der Waals surface area contributed by atoms with Gasteiger partial charge in [-0.3, -0.25) is 0 Å². The number of methoxy groups -OCH3 is 2. The van der Waals surface area contributed by atoms with Crippen molar-refractivity contribution in [3.8, 4) is 0 Å². The van der Waals surface area contributed by atoms with Gasteiger partial charge in [0.15, 0.2) is 6.29 Å². The summed E-state index contributed by atoms with van der Waals surface area (Å²) in [5.74, 6) is 0. The van der Waals surface area contributed by atoms with Crippen LogP contribution < -0.4 is 0 Å². The summed E-state index contributed by atoms with van der Waals surface area (Å²) in [5, 5.41) is 19.3. The van der Waals surface area contributed by atoms with Crippen molar-refractivity contribution in [1.29, 1.82) is 0 Å². The Labute approximate surface area is 124 Å². The molecule has 2 rings (SSSR count). The van der Waals surface area contributed by atoms with E-state index in [-0.39, 0.29) is 6.61 Å². The molecule has 2 N–H and O–H groups in total. The molecule has 5 atom stereocenters. The van der Waals surface area contributed by atoms with Gasteiger partial charge in [0.2, 0.25) is 0 Å². The molecule has 0 saturated carbocycles. The average Bonchev–Trinajstić information content (AvgIpc) is 2.53. The summed E-state index contributed by atoms with van der Waals surface area (Å²) in [6.07, 6.45) is -3.56. The molecule has 1 aromatic carbocycles. The monoisotopic (exact) mass is 298 g/mol. The number of benzene rings is 1. The first-order valence-electron chi connectivity index (χ1n) is 6.86. The molecule has 6 heteroatoms. The minimum atomic E-state index is -1.17. The van der Waals surface area contributed by atoms with Gasteiger partial charge in [0.1, 0.15) is 24.4 Å². The zero-order chi connectivity index (χ0) is 15.2. The van der Waals surface area contributed by atoms with Gasteiger partial charge in [-0.1, -0.05) is 30.3 Å². The van der Waals surface area contributed by atoms with Crippen LogP contribution in [0.3, 0.4) is 0 Å². The second kappa shape index (κ2) is 7.84. The smallest absolute Gasteiger partial charge is 0.184 e. The molecule has 1 fully saturated rings. The lowest BCUT2D eigenvalue weighted by Gasteiger charge is -2.43. The third kappa shape index (κ3) is 3.79. The molecule has 0 amide bonds. The Kier molecular flexibility index (Phi) is 6.10. The summed E-state index contributed by atoms with van der Waals surface area (Å²) in [5.41, 5.74) is 1.00. The Hall–Kier alpha value is -1.02. The summed E-state index contributed by atoms with van der Waals surface area (Å²) in [6.45, 7) is 0.0906. The number of aliphatic hydroxyl groups excluding tert-OH is 2. The van der Waals surface area contributed by atoms with Crippen LogP contribution in [0, 0.1) is 0 Å². The Morgan fingerprint density at radius 2 is 1.71 bits per heavy atom. The van der Waals surface area contributed by atoms with Gasteiger partial charge in [-0.2, -0.15) is 0 Å². The summed E-state index contributed by atoms with van der Waals surface area (Å²) in [6, 6.07) is 9.68. The molecule has 21 heavy (non-hydrogen) atoms. The first-order chi connectivity index (χ1) is 10.2. The highest BCUT2D eigenvalue weighted by atomic mass is 16.7. The van der Waals surface area contributed by atoms with Crippen molar-refractivity contribution >= 4 is 0 Å². The molecule has 1 heterocycles. The zero-order valence-electron chi connectivity index (χ0n) is 12.2. The van der Waals surface area contributed by atoms with Crippen LogP contribution in [0.25, 0.3) is 0 Å². The first-order valence-corrected chi connectivity index (χ1v) is 6.86. The number of ether oxygens (including phenoxy) is 4. The summed E-state index contributed by atoms with van der Waals surface area (Å²) >= 11 is 0. The van der Waals surface area contributed by atoms with Crippen molar-refractivity contribution in [1.82, 2.24) is 0 Å². The molecule has 118 valence electrons. The molecule has 1 saturated heterocycles. The molecule has 1 aromatic rings. The van der Waals surface area contributed by atoms with Crippen molar-refractivity contribution < 1.29 is 29.2 Å². The third-order valence-corrected chi connectivity index (χ3v) is 3.62. The number of rotatable bonds is 6. The Morgan fingerprint density at radius 1 is 1.05 bits per heavy atom. The highest BCUT2D eigenvalue weighted by Crippen LogP contribution is 2.27. The maximum Gasteiger partial charge on any atom is 0.184 e. The summed E-state index contributed by atoms with van der Waals surface area (Å²) in [7, 11) is 2.99. The van der Waals surface area contributed by atoms with Crippen LogP contribution in [0.15, 0.2) is 30.3 Å². The van der Waals surface area contributed by atoms with Crippen molar-refractivity contribution in [3.05, 3.63) is 35.9 Å². The van der Waals surface area contributed by atoms with Gasteiger partial charge < -0.3 is 29.2 Å². The number of hydrogen-bond acceptors (Lipinski definition) is 6. The zero-order valence-corrected chi connectivity index (χ0v) is 12.2. The van der Waals surface area contributed by atoms with E-state index in [0.29, 0.717) is 6.61 Å². The van der Waals surface area contributed by atoms with E-state index in [0.717, 1.165) is 5.56 Å². The van der Waals surface area contributed by atoms with Gasteiger partial charge in [-0.05, 0) is 5.56 Å². The first kappa shape index (κ1) is 16.4. The van der Waals surface area contributed by atoms with E-state index in [1.807, 2.05) is 30.3 Å². The van der Waals surface area contributed by atoms with E-state index in [4.69, 9.17) is 18.9 Å². The highest BCUT2D eigenvalue weighted by molar-refractivity contribution is 5.13. The van der Waals surface area contributed by atoms with E-state index >= 15 is 0 Å². The Bertz CT molecular complexity index is 412. The van der Waals surface area contributed by atoms with Gasteiger partial charge >= 0.3 is 0 Å². The predicted octanol–water partition coefficient (Wildman–Crippen LogP) is 0.311. The van der Waals surface area contributed by atoms with Gasteiger partial charge in [-0.15, -0.1) is 0 Å². The molecular weight excluding hydrogens is 276 g/mol. The topological polar surface area (TPSA) is 77.4 Å². The molecule has 1 aliphatic heterocycles. The van der Waals surface area contributed by atoms with Crippen LogP contribution in [0.5, 0.6) is 0 Å². The van der Waals surface area contributed by atoms with Gasteiger partial charge in [0.05, 0.1) is 13.2 Å². The molecule has 0 unspecified atom stereocenters. The van der Waals surface area contributed by atoms with E-state index in [1.165, 1.54) is 14.2 Å². The molecule has 0 bridgehead atoms. The second-order valence-corrected chi connectivity index (χ2v) is 4.91. The van der Waals surface area contributed by atoms with Gasteiger partial charge in [0.25, 0.3) is 0 Å². The van der Waals surface area contributed by atoms with Gasteiger partial charge in [-0.25, -0.2) is 0 Å². The maximum atomic E-state index is 9.96. The normalized spacial score (nSPS) is 33.0. The van der Waals surface area contributed by atoms with E-state index in [1.54, 1.807) is 0 Å². The van der Waals surface area contributed by atoms with E-state index < -0.39 is 30.7 Å². The standard InChI is InChI=1S/C15H22O6/c1-18-12-11(8-16)21-15(17)14(19-2)13(12)20-9-10-6-4-3-5-7-10/h3-7,11-17H,8-9H2,1-2H3/t11-,12+,13+,14-,15-/m1/s1. The second-order valence-electron chi connectivity index (χ2n) is 4.91. The van der Waals surface area contributed by atoms with Gasteiger partial charge in [0, 0.05) is 14.2 Å². The summed E-state index contributed by atoms with van der Waals surface area (Å²) in [4.78, 5) is 0. The highest BCUT2D eigenvalue weighted by Gasteiger charge is 2.46. The van der Waals surface area contributed by atoms with Crippen LogP contribution in [0.2, 0.25) is 0 Å². The SMILES string of the molecule is CO[C@@H]1[C@@H](OCc2ccccc2)[C@@H](OC)[C@@H](CO)O[C@H]1O. The van der Waals surface area contributed by atoms with E-state index in [9.17, 15) is 10.2 Å². The fourth-order valence-electron chi connectivity index (χ4n) is 2.53. The predicted molar refractivity (Wildman–Crippen MR) is 74.6 cm³/mol. The fourth-order valence-corrected chi connectivity index (χ4v) is 2.53. The maximum absolute atomic E-state index is 9.96. The van der Waals surface area contributed by atoms with Crippen molar-refractivity contribution in [2.75, 3.05) is 20.8 Å². The molecular formula is C15H22O6. The Morgan fingerprint density at radius 3 is 2.29 bits per heavy atom. The minimum absolute atomic E-state index is 0.267. The minimum Gasteiger partial charge on any atom is -0.394 e. The van der Waals surface area contributed by atoms with Crippen LogP contribution in [0.4, 0.5) is 0 Å². The van der Waals surface area contributed by atoms with Crippen LogP contribution in [0.1, 0.15) is 5.56 Å². The molecule has 0 aromatic heterocycles. The van der Waals surface area contributed by atoms with Crippen LogP contribution in [-0.2, 0) is 25.6 Å². The fraction of sp³-hybridized carbons (Fsp3) is 0.600. The van der Waals surface area contributed by atoms with Crippen LogP contribution >= 0.6 is 0 Å². The molecule has 6 nitrogen and oxygen atoms in total. The number of hydrogen-bond donors (Lipinski definition) is 2. The van der Waals surface area contributed by atoms with Crippen molar-refractivity contribution in [2.24, 2.45) is 0 Å². The molecule has 0 radical (unpaired) electrons. The molecule has 1 aliphatic rings. The lowest BCUT2D eigenvalue weighted by atomic mass is 9.98. The van der Waals surface area contributed by atoms with E-state index in [2.05, 4.69) is 0 Å². The lowest BCUT2D eigenvalue weighted by molar-refractivity contribution is -0.304. The number of aliphatic hydroxyl groups is 2. The average molecular weight is 298 g/mol.